The van der Waals surface area contributed by atoms with Gasteiger partial charge in [0.2, 0.25) is 0 Å². The van der Waals surface area contributed by atoms with Crippen LogP contribution in [0.2, 0.25) is 0 Å². The Morgan fingerprint density at radius 1 is 1.60 bits per heavy atom. The van der Waals surface area contributed by atoms with Gasteiger partial charge in [-0.2, -0.15) is 0 Å². The summed E-state index contributed by atoms with van der Waals surface area (Å²) in [6.07, 6.45) is -1.68. The van der Waals surface area contributed by atoms with Crippen LogP contribution in [-0.4, -0.2) is 35.5 Å². The highest BCUT2D eigenvalue weighted by Crippen LogP contribution is 2.16. The third-order valence-electron chi connectivity index (χ3n) is 2.03. The van der Waals surface area contributed by atoms with Gasteiger partial charge in [0.1, 0.15) is 0 Å². The average molecular weight is 212 g/mol. The van der Waals surface area contributed by atoms with Crippen molar-refractivity contribution in [3.8, 4) is 0 Å². The minimum absolute atomic E-state index is 0.225. The highest BCUT2D eigenvalue weighted by molar-refractivity contribution is 6.06. The van der Waals surface area contributed by atoms with Gasteiger partial charge in [-0.3, -0.25) is 14.5 Å². The molecule has 1 unspecified atom stereocenters. The summed E-state index contributed by atoms with van der Waals surface area (Å²) in [7, 11) is 0. The van der Waals surface area contributed by atoms with Crippen molar-refractivity contribution in [3.63, 3.8) is 0 Å². The first-order chi connectivity index (χ1) is 6.93. The van der Waals surface area contributed by atoms with Crippen LogP contribution >= 0.6 is 0 Å². The fraction of sp³-hybridized carbons (Fsp3) is 0.444. The molecule has 0 spiro atoms. The van der Waals surface area contributed by atoms with Crippen molar-refractivity contribution >= 4 is 17.9 Å². The van der Waals surface area contributed by atoms with Gasteiger partial charge in [-0.1, -0.05) is 6.58 Å². The standard InChI is InChI=1S/C9H12N2O4/c1-5(2)7(12)11-4-3-6(8(11)13)15-9(10)14/h6H,1,3-4H2,2H3,(H2,10,14). The summed E-state index contributed by atoms with van der Waals surface area (Å²) in [6, 6.07) is 0. The Bertz CT molecular complexity index is 337. The first-order valence-electron chi connectivity index (χ1n) is 4.40. The first-order valence-corrected chi connectivity index (χ1v) is 4.40. The SMILES string of the molecule is C=C(C)C(=O)N1CCC(OC(N)=O)C1=O. The molecule has 1 saturated heterocycles. The van der Waals surface area contributed by atoms with E-state index in [9.17, 15) is 14.4 Å². The number of imide groups is 1. The zero-order valence-electron chi connectivity index (χ0n) is 8.36. The van der Waals surface area contributed by atoms with Crippen molar-refractivity contribution in [2.24, 2.45) is 5.73 Å². The number of likely N-dealkylation sites (tertiary alicyclic amines) is 1. The van der Waals surface area contributed by atoms with E-state index in [4.69, 9.17) is 5.73 Å². The quantitative estimate of drug-likeness (QED) is 0.641. The minimum atomic E-state index is -1.02. The molecule has 0 aliphatic carbocycles. The molecule has 1 aliphatic rings. The highest BCUT2D eigenvalue weighted by Gasteiger charge is 2.37. The first kappa shape index (κ1) is 11.2. The minimum Gasteiger partial charge on any atom is -0.436 e. The summed E-state index contributed by atoms with van der Waals surface area (Å²) < 4.78 is 4.55. The fourth-order valence-electron chi connectivity index (χ4n) is 1.34. The summed E-state index contributed by atoms with van der Waals surface area (Å²) in [5.41, 5.74) is 5.05. The number of nitrogens with zero attached hydrogens (tertiary/aromatic N) is 1. The van der Waals surface area contributed by atoms with Crippen LogP contribution in [0.15, 0.2) is 12.2 Å². The van der Waals surface area contributed by atoms with Crippen molar-refractivity contribution in [2.45, 2.75) is 19.4 Å². The lowest BCUT2D eigenvalue weighted by Crippen LogP contribution is -2.37. The molecule has 0 radical (unpaired) electrons. The zero-order chi connectivity index (χ0) is 11.6. The van der Waals surface area contributed by atoms with E-state index in [-0.39, 0.29) is 18.5 Å². The molecule has 82 valence electrons. The summed E-state index contributed by atoms with van der Waals surface area (Å²) in [5, 5.41) is 0. The molecule has 0 bridgehead atoms. The second kappa shape index (κ2) is 4.12. The Kier molecular flexibility index (Phi) is 3.08. The molecule has 0 aromatic carbocycles. The molecule has 1 aliphatic heterocycles. The van der Waals surface area contributed by atoms with Gasteiger partial charge < -0.3 is 10.5 Å². The lowest BCUT2D eigenvalue weighted by molar-refractivity contribution is -0.143. The Hall–Kier alpha value is -1.85. The molecule has 6 heteroatoms. The van der Waals surface area contributed by atoms with E-state index in [0.29, 0.717) is 0 Å². The van der Waals surface area contributed by atoms with Crippen LogP contribution in [0.25, 0.3) is 0 Å². The summed E-state index contributed by atoms with van der Waals surface area (Å²) in [5.74, 6) is -0.989. The Balaban J connectivity index is 2.68. The average Bonchev–Trinajstić information content (AvgIpc) is 2.46. The summed E-state index contributed by atoms with van der Waals surface area (Å²) >= 11 is 0. The number of carbonyl (C=O) groups is 3. The third-order valence-corrected chi connectivity index (χ3v) is 2.03. The molecule has 3 amide bonds. The van der Waals surface area contributed by atoms with E-state index in [1.165, 1.54) is 6.92 Å². The second-order valence-electron chi connectivity index (χ2n) is 3.29. The summed E-state index contributed by atoms with van der Waals surface area (Å²) in [4.78, 5) is 34.4. The zero-order valence-corrected chi connectivity index (χ0v) is 8.36. The Labute approximate surface area is 86.7 Å². The molecule has 1 rings (SSSR count). The number of primary amides is 1. The van der Waals surface area contributed by atoms with Gasteiger partial charge in [-0.25, -0.2) is 4.79 Å². The number of hydrogen-bond donors (Lipinski definition) is 1. The van der Waals surface area contributed by atoms with E-state index < -0.39 is 24.0 Å². The molecule has 1 atom stereocenters. The maximum absolute atomic E-state index is 11.5. The van der Waals surface area contributed by atoms with Crippen molar-refractivity contribution in [2.75, 3.05) is 6.54 Å². The van der Waals surface area contributed by atoms with Gasteiger partial charge >= 0.3 is 6.09 Å². The smallest absolute Gasteiger partial charge is 0.405 e. The van der Waals surface area contributed by atoms with Crippen LogP contribution in [0.1, 0.15) is 13.3 Å². The molecule has 0 aromatic rings. The predicted molar refractivity (Wildman–Crippen MR) is 50.6 cm³/mol. The molecule has 1 fully saturated rings. The molecule has 15 heavy (non-hydrogen) atoms. The maximum Gasteiger partial charge on any atom is 0.405 e. The van der Waals surface area contributed by atoms with E-state index in [0.717, 1.165) is 4.90 Å². The van der Waals surface area contributed by atoms with Crippen LogP contribution in [0.3, 0.4) is 0 Å². The number of hydrogen-bond acceptors (Lipinski definition) is 4. The number of carbonyl (C=O) groups excluding carboxylic acids is 3. The lowest BCUT2D eigenvalue weighted by atomic mass is 10.3. The van der Waals surface area contributed by atoms with Gasteiger partial charge in [0.15, 0.2) is 6.10 Å². The largest absolute Gasteiger partial charge is 0.436 e. The topological polar surface area (TPSA) is 89.7 Å². The monoisotopic (exact) mass is 212 g/mol. The molecular weight excluding hydrogens is 200 g/mol. The number of amides is 3. The molecule has 2 N–H and O–H groups in total. The van der Waals surface area contributed by atoms with Gasteiger partial charge in [0.25, 0.3) is 11.8 Å². The van der Waals surface area contributed by atoms with E-state index in [1.807, 2.05) is 0 Å². The normalized spacial score (nSPS) is 20.2. The van der Waals surface area contributed by atoms with E-state index in [2.05, 4.69) is 11.3 Å². The molecule has 0 aromatic heterocycles. The van der Waals surface area contributed by atoms with E-state index in [1.54, 1.807) is 0 Å². The van der Waals surface area contributed by atoms with Crippen molar-refractivity contribution in [3.05, 3.63) is 12.2 Å². The molecule has 6 nitrogen and oxygen atoms in total. The van der Waals surface area contributed by atoms with Crippen LogP contribution in [0.5, 0.6) is 0 Å². The van der Waals surface area contributed by atoms with Gasteiger partial charge in [0, 0.05) is 18.5 Å². The predicted octanol–water partition coefficient (Wildman–Crippen LogP) is -0.215. The molecular formula is C9H12N2O4. The van der Waals surface area contributed by atoms with Gasteiger partial charge in [-0.05, 0) is 6.92 Å². The van der Waals surface area contributed by atoms with Gasteiger partial charge in [0.05, 0.1) is 0 Å². The fourth-order valence-corrected chi connectivity index (χ4v) is 1.34. The molecule has 1 heterocycles. The highest BCUT2D eigenvalue weighted by atomic mass is 16.6. The van der Waals surface area contributed by atoms with E-state index >= 15 is 0 Å². The summed E-state index contributed by atoms with van der Waals surface area (Å²) in [6.45, 7) is 5.18. The van der Waals surface area contributed by atoms with Crippen molar-refractivity contribution in [1.82, 2.24) is 4.90 Å². The Morgan fingerprint density at radius 2 is 2.20 bits per heavy atom. The van der Waals surface area contributed by atoms with Crippen molar-refractivity contribution in [1.29, 1.82) is 0 Å². The number of nitrogens with two attached hydrogens (primary N) is 1. The number of rotatable bonds is 2. The van der Waals surface area contributed by atoms with Crippen LogP contribution < -0.4 is 5.73 Å². The van der Waals surface area contributed by atoms with Crippen LogP contribution in [-0.2, 0) is 14.3 Å². The molecule has 0 saturated carbocycles. The third kappa shape index (κ3) is 2.34. The lowest BCUT2D eigenvalue weighted by Gasteiger charge is -2.14. The number of ether oxygens (including phenoxy) is 1. The Morgan fingerprint density at radius 3 is 2.67 bits per heavy atom. The van der Waals surface area contributed by atoms with Crippen LogP contribution in [0, 0.1) is 0 Å². The second-order valence-corrected chi connectivity index (χ2v) is 3.29. The van der Waals surface area contributed by atoms with Crippen LogP contribution in [0.4, 0.5) is 4.79 Å². The van der Waals surface area contributed by atoms with Crippen molar-refractivity contribution < 1.29 is 19.1 Å². The maximum atomic E-state index is 11.5. The van der Waals surface area contributed by atoms with Gasteiger partial charge in [-0.15, -0.1) is 0 Å².